The lowest BCUT2D eigenvalue weighted by Crippen LogP contribution is -2.21. The molecule has 1 aromatic carbocycles. The second kappa shape index (κ2) is 6.48. The number of hydrogen-bond acceptors (Lipinski definition) is 3. The number of thiazole rings is 1. The van der Waals surface area contributed by atoms with Crippen molar-refractivity contribution in [3.05, 3.63) is 40.9 Å². The summed E-state index contributed by atoms with van der Waals surface area (Å²) in [5.41, 5.74) is 2.13. The van der Waals surface area contributed by atoms with Crippen molar-refractivity contribution >= 4 is 17.2 Å². The molecule has 0 aliphatic rings. The maximum absolute atomic E-state index is 11.5. The first-order chi connectivity index (χ1) is 9.20. The summed E-state index contributed by atoms with van der Waals surface area (Å²) in [4.78, 5) is 17.2. The second-order valence-electron chi connectivity index (χ2n) is 4.42. The van der Waals surface area contributed by atoms with Gasteiger partial charge in [-0.05, 0) is 13.3 Å². The van der Waals surface area contributed by atoms with Crippen molar-refractivity contribution in [3.8, 4) is 10.6 Å². The fraction of sp³-hybridized carbons (Fsp3) is 0.333. The van der Waals surface area contributed by atoms with E-state index >= 15 is 0 Å². The van der Waals surface area contributed by atoms with Gasteiger partial charge < -0.3 is 5.32 Å². The molecule has 0 aliphatic carbocycles. The van der Waals surface area contributed by atoms with Crippen LogP contribution in [0.25, 0.3) is 10.6 Å². The Balaban J connectivity index is 2.07. The highest BCUT2D eigenvalue weighted by Gasteiger charge is 2.10. The molecule has 2 rings (SSSR count). The summed E-state index contributed by atoms with van der Waals surface area (Å²) in [5, 5.41) is 3.95. The van der Waals surface area contributed by atoms with E-state index in [-0.39, 0.29) is 5.91 Å². The summed E-state index contributed by atoms with van der Waals surface area (Å²) in [6, 6.07) is 10.1. The van der Waals surface area contributed by atoms with Crippen LogP contribution in [0, 0.1) is 6.92 Å². The minimum absolute atomic E-state index is 0.108. The number of benzene rings is 1. The van der Waals surface area contributed by atoms with Crippen LogP contribution in [0.4, 0.5) is 0 Å². The summed E-state index contributed by atoms with van der Waals surface area (Å²) in [6.45, 7) is 4.57. The maximum atomic E-state index is 11.5. The Morgan fingerprint density at radius 1 is 1.32 bits per heavy atom. The molecule has 0 radical (unpaired) electrons. The molecule has 1 aromatic heterocycles. The Morgan fingerprint density at radius 3 is 2.74 bits per heavy atom. The van der Waals surface area contributed by atoms with Crippen LogP contribution in [-0.2, 0) is 11.3 Å². The second-order valence-corrected chi connectivity index (χ2v) is 5.50. The molecule has 0 bridgehead atoms. The number of nitrogens with one attached hydrogen (secondary N) is 1. The van der Waals surface area contributed by atoms with E-state index in [0.29, 0.717) is 13.0 Å². The summed E-state index contributed by atoms with van der Waals surface area (Å²) in [5.74, 6) is 0.108. The van der Waals surface area contributed by atoms with Gasteiger partial charge in [0, 0.05) is 16.9 Å². The standard InChI is InChI=1S/C15H18N2OS/c1-3-7-14(18)16-10-13-11(2)17-15(19-13)12-8-5-4-6-9-12/h4-6,8-9H,3,7,10H2,1-2H3,(H,16,18). The Kier molecular flexibility index (Phi) is 4.68. The van der Waals surface area contributed by atoms with Crippen molar-refractivity contribution in [2.75, 3.05) is 0 Å². The fourth-order valence-electron chi connectivity index (χ4n) is 1.79. The van der Waals surface area contributed by atoms with E-state index in [0.717, 1.165) is 27.6 Å². The summed E-state index contributed by atoms with van der Waals surface area (Å²) in [7, 11) is 0. The van der Waals surface area contributed by atoms with E-state index in [1.807, 2.05) is 32.0 Å². The summed E-state index contributed by atoms with van der Waals surface area (Å²) < 4.78 is 0. The molecule has 2 aromatic rings. The molecule has 0 atom stereocenters. The van der Waals surface area contributed by atoms with Gasteiger partial charge in [-0.1, -0.05) is 37.3 Å². The monoisotopic (exact) mass is 274 g/mol. The van der Waals surface area contributed by atoms with Crippen molar-refractivity contribution in [3.63, 3.8) is 0 Å². The van der Waals surface area contributed by atoms with Crippen molar-refractivity contribution < 1.29 is 4.79 Å². The molecule has 0 saturated heterocycles. The molecule has 0 saturated carbocycles. The summed E-state index contributed by atoms with van der Waals surface area (Å²) >= 11 is 1.65. The van der Waals surface area contributed by atoms with E-state index in [2.05, 4.69) is 22.4 Å². The first-order valence-corrected chi connectivity index (χ1v) is 7.30. The van der Waals surface area contributed by atoms with E-state index < -0.39 is 0 Å². The van der Waals surface area contributed by atoms with Crippen molar-refractivity contribution in [1.82, 2.24) is 10.3 Å². The molecule has 0 aliphatic heterocycles. The topological polar surface area (TPSA) is 42.0 Å². The van der Waals surface area contributed by atoms with Crippen LogP contribution < -0.4 is 5.32 Å². The first kappa shape index (κ1) is 13.7. The van der Waals surface area contributed by atoms with Gasteiger partial charge >= 0.3 is 0 Å². The number of amides is 1. The van der Waals surface area contributed by atoms with Gasteiger partial charge in [-0.3, -0.25) is 4.79 Å². The predicted octanol–water partition coefficient (Wildman–Crippen LogP) is 3.53. The molecule has 100 valence electrons. The maximum Gasteiger partial charge on any atom is 0.220 e. The number of aryl methyl sites for hydroxylation is 1. The average molecular weight is 274 g/mol. The molecule has 1 heterocycles. The van der Waals surface area contributed by atoms with Crippen LogP contribution in [0.15, 0.2) is 30.3 Å². The molecule has 4 heteroatoms. The average Bonchev–Trinajstić information content (AvgIpc) is 2.79. The highest BCUT2D eigenvalue weighted by molar-refractivity contribution is 7.15. The summed E-state index contributed by atoms with van der Waals surface area (Å²) in [6.07, 6.45) is 1.46. The highest BCUT2D eigenvalue weighted by atomic mass is 32.1. The van der Waals surface area contributed by atoms with Gasteiger partial charge in [0.2, 0.25) is 5.91 Å². The van der Waals surface area contributed by atoms with E-state index in [1.54, 1.807) is 11.3 Å². The fourth-order valence-corrected chi connectivity index (χ4v) is 2.80. The zero-order valence-corrected chi connectivity index (χ0v) is 12.1. The zero-order chi connectivity index (χ0) is 13.7. The third kappa shape index (κ3) is 3.64. The smallest absolute Gasteiger partial charge is 0.220 e. The number of carbonyl (C=O) groups is 1. The molecular weight excluding hydrogens is 256 g/mol. The number of nitrogens with zero attached hydrogens (tertiary/aromatic N) is 1. The molecule has 0 fully saturated rings. The third-order valence-corrected chi connectivity index (χ3v) is 4.04. The van der Waals surface area contributed by atoms with Crippen molar-refractivity contribution in [2.24, 2.45) is 0 Å². The molecular formula is C15H18N2OS. The molecule has 19 heavy (non-hydrogen) atoms. The van der Waals surface area contributed by atoms with E-state index in [9.17, 15) is 4.79 Å². The van der Waals surface area contributed by atoms with Crippen molar-refractivity contribution in [1.29, 1.82) is 0 Å². The Hall–Kier alpha value is -1.68. The molecule has 1 N–H and O–H groups in total. The highest BCUT2D eigenvalue weighted by Crippen LogP contribution is 2.27. The predicted molar refractivity (Wildman–Crippen MR) is 79.0 cm³/mol. The number of rotatable bonds is 5. The zero-order valence-electron chi connectivity index (χ0n) is 11.3. The minimum Gasteiger partial charge on any atom is -0.351 e. The van der Waals surface area contributed by atoms with Crippen LogP contribution in [0.1, 0.15) is 30.3 Å². The van der Waals surface area contributed by atoms with Gasteiger partial charge in [0.25, 0.3) is 0 Å². The Bertz CT molecular complexity index is 549. The van der Waals surface area contributed by atoms with Gasteiger partial charge in [-0.2, -0.15) is 0 Å². The van der Waals surface area contributed by atoms with Gasteiger partial charge in [0.05, 0.1) is 12.2 Å². The van der Waals surface area contributed by atoms with Crippen LogP contribution in [0.2, 0.25) is 0 Å². The number of carbonyl (C=O) groups excluding carboxylic acids is 1. The number of hydrogen-bond donors (Lipinski definition) is 1. The normalized spacial score (nSPS) is 10.4. The van der Waals surface area contributed by atoms with Gasteiger partial charge in [0.15, 0.2) is 0 Å². The molecule has 1 amide bonds. The van der Waals surface area contributed by atoms with Crippen LogP contribution in [0.3, 0.4) is 0 Å². The quantitative estimate of drug-likeness (QED) is 0.906. The molecule has 0 spiro atoms. The van der Waals surface area contributed by atoms with E-state index in [1.165, 1.54) is 0 Å². The van der Waals surface area contributed by atoms with E-state index in [4.69, 9.17) is 0 Å². The molecule has 3 nitrogen and oxygen atoms in total. The minimum atomic E-state index is 0.108. The lowest BCUT2D eigenvalue weighted by atomic mass is 10.2. The lowest BCUT2D eigenvalue weighted by Gasteiger charge is -2.02. The van der Waals surface area contributed by atoms with Crippen LogP contribution >= 0.6 is 11.3 Å². The SMILES string of the molecule is CCCC(=O)NCc1sc(-c2ccccc2)nc1C. The lowest BCUT2D eigenvalue weighted by molar-refractivity contribution is -0.121. The Morgan fingerprint density at radius 2 is 2.05 bits per heavy atom. The molecule has 0 unspecified atom stereocenters. The Labute approximate surface area is 117 Å². The van der Waals surface area contributed by atoms with Crippen molar-refractivity contribution in [2.45, 2.75) is 33.2 Å². The van der Waals surface area contributed by atoms with Gasteiger partial charge in [0.1, 0.15) is 5.01 Å². The largest absolute Gasteiger partial charge is 0.351 e. The van der Waals surface area contributed by atoms with Gasteiger partial charge in [-0.15, -0.1) is 11.3 Å². The van der Waals surface area contributed by atoms with Crippen LogP contribution in [-0.4, -0.2) is 10.9 Å². The number of aromatic nitrogens is 1. The first-order valence-electron chi connectivity index (χ1n) is 6.49. The van der Waals surface area contributed by atoms with Crippen LogP contribution in [0.5, 0.6) is 0 Å². The van der Waals surface area contributed by atoms with Gasteiger partial charge in [-0.25, -0.2) is 4.98 Å². The third-order valence-electron chi connectivity index (χ3n) is 2.84.